The number of aromatic nitrogens is 1. The van der Waals surface area contributed by atoms with Crippen molar-refractivity contribution >= 4 is 27.5 Å². The van der Waals surface area contributed by atoms with Crippen molar-refractivity contribution < 1.29 is 27.4 Å². The molecule has 0 fully saturated rings. The van der Waals surface area contributed by atoms with Crippen LogP contribution in [0.1, 0.15) is 30.9 Å². The highest BCUT2D eigenvalue weighted by Crippen LogP contribution is 2.37. The molecule has 0 aliphatic carbocycles. The first-order chi connectivity index (χ1) is 19.7. The van der Waals surface area contributed by atoms with Crippen LogP contribution in [0.5, 0.6) is 5.88 Å². The van der Waals surface area contributed by atoms with Gasteiger partial charge in [0.05, 0.1) is 24.5 Å². The molecule has 5 aromatic rings. The maximum atomic E-state index is 13.2. The lowest BCUT2D eigenvalue weighted by Crippen LogP contribution is -2.06. The zero-order chi connectivity index (χ0) is 29.0. The molecule has 5 nitrogen and oxygen atoms in total. The predicted molar refractivity (Wildman–Crippen MR) is 151 cm³/mol. The molecule has 41 heavy (non-hydrogen) atoms. The van der Waals surface area contributed by atoms with Crippen molar-refractivity contribution in [2.24, 2.45) is 0 Å². The summed E-state index contributed by atoms with van der Waals surface area (Å²) in [6.45, 7) is 1.80. The number of hydrogen-bond acceptors (Lipinski definition) is 5. The van der Waals surface area contributed by atoms with E-state index in [1.54, 1.807) is 6.07 Å². The Morgan fingerprint density at radius 3 is 2.27 bits per heavy atom. The number of esters is 1. The Labute approximate surface area is 234 Å². The van der Waals surface area contributed by atoms with Crippen LogP contribution in [-0.4, -0.2) is 24.2 Å². The minimum absolute atomic E-state index is 0.0889. The number of hydrogen-bond donors (Lipinski definition) is 0. The molecule has 0 radical (unpaired) electrons. The molecule has 0 aliphatic rings. The summed E-state index contributed by atoms with van der Waals surface area (Å²) < 4.78 is 50.5. The number of nitriles is 1. The minimum Gasteiger partial charge on any atom is -0.477 e. The van der Waals surface area contributed by atoms with Crippen molar-refractivity contribution in [1.82, 2.24) is 4.98 Å². The molecule has 206 valence electrons. The van der Waals surface area contributed by atoms with E-state index in [0.717, 1.165) is 39.2 Å². The van der Waals surface area contributed by atoms with Gasteiger partial charge < -0.3 is 9.47 Å². The molecule has 0 unspecified atom stereocenters. The number of fused-ring (bicyclic) bond motifs is 3. The monoisotopic (exact) mass is 554 g/mol. The molecule has 0 amide bonds. The van der Waals surface area contributed by atoms with E-state index in [1.165, 1.54) is 19.1 Å². The number of nitrogens with zero attached hydrogens (tertiary/aromatic N) is 2. The van der Waals surface area contributed by atoms with Gasteiger partial charge in [0.2, 0.25) is 5.88 Å². The molecule has 0 aliphatic heterocycles. The van der Waals surface area contributed by atoms with Gasteiger partial charge in [-0.3, -0.25) is 4.79 Å². The van der Waals surface area contributed by atoms with Crippen LogP contribution >= 0.6 is 0 Å². The van der Waals surface area contributed by atoms with Crippen molar-refractivity contribution in [3.8, 4) is 34.3 Å². The van der Waals surface area contributed by atoms with Crippen LogP contribution in [0.15, 0.2) is 84.9 Å². The molecule has 1 aromatic heterocycles. The normalized spacial score (nSPS) is 11.4. The Morgan fingerprint density at radius 1 is 0.854 bits per heavy atom. The van der Waals surface area contributed by atoms with Gasteiger partial charge in [-0.15, -0.1) is 0 Å². The van der Waals surface area contributed by atoms with Crippen LogP contribution in [0.4, 0.5) is 13.2 Å². The second-order valence-electron chi connectivity index (χ2n) is 9.54. The fourth-order valence-electron chi connectivity index (χ4n) is 4.71. The zero-order valence-corrected chi connectivity index (χ0v) is 22.2. The predicted octanol–water partition coefficient (Wildman–Crippen LogP) is 8.33. The fraction of sp³-hybridized carbons (Fsp3) is 0.182. The van der Waals surface area contributed by atoms with E-state index in [0.29, 0.717) is 29.7 Å². The molecular formula is C33H25F3N2O3. The molecular weight excluding hydrogens is 529 g/mol. The Hall–Kier alpha value is -4.90. The number of benzene rings is 4. The molecule has 0 N–H and O–H groups in total. The summed E-state index contributed by atoms with van der Waals surface area (Å²) in [5.74, 6) is -0.275. The van der Waals surface area contributed by atoms with Crippen molar-refractivity contribution in [2.75, 3.05) is 13.2 Å². The number of alkyl halides is 3. The summed E-state index contributed by atoms with van der Waals surface area (Å²) in [5, 5.41) is 14.4. The lowest BCUT2D eigenvalue weighted by molar-refractivity contribution is -0.141. The van der Waals surface area contributed by atoms with Gasteiger partial charge in [0, 0.05) is 18.1 Å². The average molecular weight is 555 g/mol. The van der Waals surface area contributed by atoms with Gasteiger partial charge in [0.25, 0.3) is 0 Å². The standard InChI is InChI=1S/C33H25F3N2O3/c1-21(39)40-16-4-5-17-41-32-30(20-37)29(23-10-13-26(14-11-23)33(34,35)36)19-31(38-32)25-12-15-28-24(18-25)9-8-22-6-2-3-7-27(22)28/h2-3,6-15,18-19H,4-5,16-17H2,1H3. The van der Waals surface area contributed by atoms with Crippen LogP contribution in [-0.2, 0) is 15.7 Å². The SMILES string of the molecule is CC(=O)OCCCCOc1nc(-c2ccc3c(ccc4ccccc43)c2)cc(-c2ccc(C(F)(F)F)cc2)c1C#N. The minimum atomic E-state index is -4.48. The molecule has 0 saturated heterocycles. The molecule has 1 heterocycles. The lowest BCUT2D eigenvalue weighted by Gasteiger charge is -2.15. The molecule has 8 heteroatoms. The average Bonchev–Trinajstić information content (AvgIpc) is 2.97. The van der Waals surface area contributed by atoms with Gasteiger partial charge in [-0.25, -0.2) is 4.98 Å². The third-order valence-electron chi connectivity index (χ3n) is 6.74. The Morgan fingerprint density at radius 2 is 1.54 bits per heavy atom. The molecule has 0 saturated carbocycles. The summed E-state index contributed by atoms with van der Waals surface area (Å²) in [5.41, 5.74) is 1.48. The summed E-state index contributed by atoms with van der Waals surface area (Å²) in [6.07, 6.45) is -3.37. The maximum Gasteiger partial charge on any atom is 0.416 e. The van der Waals surface area contributed by atoms with Gasteiger partial charge >= 0.3 is 12.1 Å². The first kappa shape index (κ1) is 27.7. The van der Waals surface area contributed by atoms with E-state index in [4.69, 9.17) is 9.47 Å². The number of halogens is 3. The second-order valence-corrected chi connectivity index (χ2v) is 9.54. The quantitative estimate of drug-likeness (QED) is 0.110. The Balaban J connectivity index is 1.56. The molecule has 0 spiro atoms. The van der Waals surface area contributed by atoms with E-state index in [2.05, 4.69) is 23.2 Å². The highest BCUT2D eigenvalue weighted by molar-refractivity contribution is 6.08. The topological polar surface area (TPSA) is 72.2 Å². The summed E-state index contributed by atoms with van der Waals surface area (Å²) >= 11 is 0. The highest BCUT2D eigenvalue weighted by Gasteiger charge is 2.30. The number of pyridine rings is 1. The number of carbonyl (C=O) groups is 1. The molecule has 0 bridgehead atoms. The third-order valence-corrected chi connectivity index (χ3v) is 6.74. The number of unbranched alkanes of at least 4 members (excludes halogenated alkanes) is 1. The van der Waals surface area contributed by atoms with Gasteiger partial charge in [0.1, 0.15) is 11.6 Å². The van der Waals surface area contributed by atoms with Crippen LogP contribution in [0, 0.1) is 11.3 Å². The summed E-state index contributed by atoms with van der Waals surface area (Å²) in [6, 6.07) is 26.6. The van der Waals surface area contributed by atoms with Crippen LogP contribution in [0.25, 0.3) is 43.9 Å². The molecule has 4 aromatic carbocycles. The van der Waals surface area contributed by atoms with E-state index < -0.39 is 11.7 Å². The van der Waals surface area contributed by atoms with Gasteiger partial charge in [-0.2, -0.15) is 18.4 Å². The number of rotatable bonds is 8. The van der Waals surface area contributed by atoms with E-state index in [1.807, 2.05) is 42.5 Å². The van der Waals surface area contributed by atoms with Gasteiger partial charge in [-0.05, 0) is 64.2 Å². The number of carbonyl (C=O) groups excluding carboxylic acids is 1. The first-order valence-corrected chi connectivity index (χ1v) is 13.1. The number of ether oxygens (including phenoxy) is 2. The van der Waals surface area contributed by atoms with Gasteiger partial charge in [-0.1, -0.05) is 60.7 Å². The van der Waals surface area contributed by atoms with E-state index >= 15 is 0 Å². The highest BCUT2D eigenvalue weighted by atomic mass is 19.4. The zero-order valence-electron chi connectivity index (χ0n) is 22.2. The van der Waals surface area contributed by atoms with Crippen molar-refractivity contribution in [2.45, 2.75) is 25.9 Å². The van der Waals surface area contributed by atoms with Crippen LogP contribution < -0.4 is 4.74 Å². The largest absolute Gasteiger partial charge is 0.477 e. The first-order valence-electron chi connectivity index (χ1n) is 13.1. The van der Waals surface area contributed by atoms with E-state index in [-0.39, 0.29) is 30.6 Å². The van der Waals surface area contributed by atoms with E-state index in [9.17, 15) is 23.2 Å². The third kappa shape index (κ3) is 6.15. The Bertz CT molecular complexity index is 1770. The second kappa shape index (κ2) is 11.7. The molecule has 5 rings (SSSR count). The summed E-state index contributed by atoms with van der Waals surface area (Å²) in [7, 11) is 0. The lowest BCUT2D eigenvalue weighted by atomic mass is 9.96. The molecule has 0 atom stereocenters. The Kier molecular flexibility index (Phi) is 7.88. The van der Waals surface area contributed by atoms with Gasteiger partial charge in [0.15, 0.2) is 0 Å². The van der Waals surface area contributed by atoms with Crippen LogP contribution in [0.3, 0.4) is 0 Å². The van der Waals surface area contributed by atoms with Crippen molar-refractivity contribution in [1.29, 1.82) is 5.26 Å². The summed E-state index contributed by atoms with van der Waals surface area (Å²) in [4.78, 5) is 15.6. The van der Waals surface area contributed by atoms with Crippen LogP contribution in [0.2, 0.25) is 0 Å². The van der Waals surface area contributed by atoms with Crippen molar-refractivity contribution in [3.05, 3.63) is 96.1 Å². The van der Waals surface area contributed by atoms with Crippen molar-refractivity contribution in [3.63, 3.8) is 0 Å². The smallest absolute Gasteiger partial charge is 0.416 e. The fourth-order valence-corrected chi connectivity index (χ4v) is 4.71. The maximum absolute atomic E-state index is 13.2.